The van der Waals surface area contributed by atoms with Gasteiger partial charge in [-0.25, -0.2) is 0 Å². The first-order valence-corrected chi connectivity index (χ1v) is 7.27. The van der Waals surface area contributed by atoms with Crippen molar-refractivity contribution in [3.8, 4) is 0 Å². The molecule has 1 heteroatoms. The molecule has 0 radical (unpaired) electrons. The van der Waals surface area contributed by atoms with Crippen LogP contribution in [-0.4, -0.2) is 6.54 Å². The minimum Gasteiger partial charge on any atom is -0.310 e. The molecule has 92 valence electrons. The van der Waals surface area contributed by atoms with Crippen LogP contribution in [0.2, 0.25) is 0 Å². The summed E-state index contributed by atoms with van der Waals surface area (Å²) in [5, 5.41) is 3.57. The van der Waals surface area contributed by atoms with Crippen molar-refractivity contribution in [1.29, 1.82) is 0 Å². The van der Waals surface area contributed by atoms with E-state index in [1.165, 1.54) is 57.1 Å². The normalized spacial score (nSPS) is 26.2. The number of benzene rings is 1. The Hall–Kier alpha value is -0.820. The van der Waals surface area contributed by atoms with E-state index in [1.807, 2.05) is 0 Å². The van der Waals surface area contributed by atoms with Crippen LogP contribution >= 0.6 is 0 Å². The molecule has 1 heterocycles. The Morgan fingerprint density at radius 2 is 1.47 bits per heavy atom. The van der Waals surface area contributed by atoms with E-state index in [0.717, 1.165) is 5.92 Å². The molecule has 0 aromatic heterocycles. The number of rotatable bonds is 2. The monoisotopic (exact) mass is 229 g/mol. The maximum absolute atomic E-state index is 3.57. The average molecular weight is 229 g/mol. The molecule has 1 saturated heterocycles. The highest BCUT2D eigenvalue weighted by Crippen LogP contribution is 2.33. The third-order valence-electron chi connectivity index (χ3n) is 4.48. The van der Waals surface area contributed by atoms with Gasteiger partial charge in [0.25, 0.3) is 0 Å². The zero-order chi connectivity index (χ0) is 11.5. The molecule has 2 aliphatic rings. The highest BCUT2D eigenvalue weighted by atomic mass is 14.9. The molecule has 1 N–H and O–H groups in total. The van der Waals surface area contributed by atoms with Gasteiger partial charge < -0.3 is 5.32 Å². The molecular weight excluding hydrogens is 206 g/mol. The van der Waals surface area contributed by atoms with Crippen LogP contribution < -0.4 is 5.32 Å². The summed E-state index contributed by atoms with van der Waals surface area (Å²) in [6.07, 6.45) is 9.74. The fraction of sp³-hybridized carbons (Fsp3) is 0.625. The van der Waals surface area contributed by atoms with Crippen molar-refractivity contribution in [2.24, 2.45) is 0 Å². The molecular formula is C16H23N. The predicted octanol–water partition coefficient (Wildman–Crippen LogP) is 4.16. The molecule has 0 unspecified atom stereocenters. The summed E-state index contributed by atoms with van der Waals surface area (Å²) in [5.74, 6) is 0.842. The fourth-order valence-electron chi connectivity index (χ4n) is 3.41. The topological polar surface area (TPSA) is 12.0 Å². The Bertz CT molecular complexity index is 342. The Morgan fingerprint density at radius 1 is 0.765 bits per heavy atom. The second-order valence-electron chi connectivity index (χ2n) is 5.65. The van der Waals surface area contributed by atoms with E-state index in [4.69, 9.17) is 0 Å². The Kier molecular flexibility index (Phi) is 3.46. The summed E-state index contributed by atoms with van der Waals surface area (Å²) in [5.41, 5.74) is 3.06. The third-order valence-corrected chi connectivity index (χ3v) is 4.48. The zero-order valence-corrected chi connectivity index (χ0v) is 10.6. The van der Waals surface area contributed by atoms with Crippen LogP contribution in [0.4, 0.5) is 0 Å². The van der Waals surface area contributed by atoms with Crippen LogP contribution in [0.5, 0.6) is 0 Å². The molecule has 2 fully saturated rings. The van der Waals surface area contributed by atoms with Crippen LogP contribution in [0.15, 0.2) is 24.3 Å². The van der Waals surface area contributed by atoms with Crippen molar-refractivity contribution >= 4 is 0 Å². The number of hydrogen-bond acceptors (Lipinski definition) is 1. The first-order valence-electron chi connectivity index (χ1n) is 7.27. The Labute approximate surface area is 105 Å². The average Bonchev–Trinajstić information content (AvgIpc) is 2.94. The second kappa shape index (κ2) is 5.22. The molecule has 1 aliphatic carbocycles. The summed E-state index contributed by atoms with van der Waals surface area (Å²) < 4.78 is 0. The summed E-state index contributed by atoms with van der Waals surface area (Å²) in [6, 6.07) is 10.1. The zero-order valence-electron chi connectivity index (χ0n) is 10.6. The van der Waals surface area contributed by atoms with Gasteiger partial charge in [0.05, 0.1) is 0 Å². The lowest BCUT2D eigenvalue weighted by Gasteiger charge is -2.22. The van der Waals surface area contributed by atoms with Gasteiger partial charge in [0, 0.05) is 6.04 Å². The molecule has 1 atom stereocenters. The molecule has 0 bridgehead atoms. The third kappa shape index (κ3) is 2.55. The molecule has 0 amide bonds. The predicted molar refractivity (Wildman–Crippen MR) is 72.2 cm³/mol. The smallest absolute Gasteiger partial charge is 0.0320 e. The lowest BCUT2D eigenvalue weighted by Crippen LogP contribution is -2.13. The van der Waals surface area contributed by atoms with Gasteiger partial charge in [-0.15, -0.1) is 0 Å². The van der Waals surface area contributed by atoms with Crippen molar-refractivity contribution in [3.05, 3.63) is 35.4 Å². The van der Waals surface area contributed by atoms with Crippen molar-refractivity contribution in [2.75, 3.05) is 6.54 Å². The molecule has 1 saturated carbocycles. The maximum atomic E-state index is 3.57. The lowest BCUT2D eigenvalue weighted by molar-refractivity contribution is 0.443. The van der Waals surface area contributed by atoms with E-state index in [-0.39, 0.29) is 0 Å². The largest absolute Gasteiger partial charge is 0.310 e. The quantitative estimate of drug-likeness (QED) is 0.803. The van der Waals surface area contributed by atoms with E-state index in [0.29, 0.717) is 6.04 Å². The number of hydrogen-bond donors (Lipinski definition) is 1. The lowest BCUT2D eigenvalue weighted by atomic mass is 9.83. The van der Waals surface area contributed by atoms with Crippen molar-refractivity contribution in [1.82, 2.24) is 5.32 Å². The summed E-state index contributed by atoms with van der Waals surface area (Å²) >= 11 is 0. The van der Waals surface area contributed by atoms with Gasteiger partial charge in [0.15, 0.2) is 0 Å². The van der Waals surface area contributed by atoms with Gasteiger partial charge >= 0.3 is 0 Å². The van der Waals surface area contributed by atoms with Gasteiger partial charge in [-0.1, -0.05) is 43.5 Å². The van der Waals surface area contributed by atoms with E-state index < -0.39 is 0 Å². The van der Waals surface area contributed by atoms with Crippen LogP contribution in [0.1, 0.15) is 68.0 Å². The van der Waals surface area contributed by atoms with Crippen molar-refractivity contribution in [2.45, 2.75) is 56.9 Å². The minimum atomic E-state index is 0.621. The van der Waals surface area contributed by atoms with Crippen molar-refractivity contribution < 1.29 is 0 Å². The molecule has 17 heavy (non-hydrogen) atoms. The highest BCUT2D eigenvalue weighted by molar-refractivity contribution is 5.28. The summed E-state index contributed by atoms with van der Waals surface area (Å²) in [4.78, 5) is 0. The van der Waals surface area contributed by atoms with E-state index in [2.05, 4.69) is 29.6 Å². The molecule has 1 aliphatic heterocycles. The first-order chi connectivity index (χ1) is 8.43. The number of nitrogens with one attached hydrogen (secondary N) is 1. The van der Waals surface area contributed by atoms with Crippen LogP contribution in [-0.2, 0) is 0 Å². The highest BCUT2D eigenvalue weighted by Gasteiger charge is 2.18. The van der Waals surface area contributed by atoms with Crippen LogP contribution in [0.25, 0.3) is 0 Å². The summed E-state index contributed by atoms with van der Waals surface area (Å²) in [7, 11) is 0. The Balaban J connectivity index is 1.70. The van der Waals surface area contributed by atoms with Gasteiger partial charge in [-0.3, -0.25) is 0 Å². The van der Waals surface area contributed by atoms with E-state index in [1.54, 1.807) is 5.56 Å². The van der Waals surface area contributed by atoms with Crippen LogP contribution in [0.3, 0.4) is 0 Å². The minimum absolute atomic E-state index is 0.621. The molecule has 0 spiro atoms. The second-order valence-corrected chi connectivity index (χ2v) is 5.65. The molecule has 1 aromatic rings. The van der Waals surface area contributed by atoms with E-state index >= 15 is 0 Å². The first kappa shape index (κ1) is 11.3. The fourth-order valence-corrected chi connectivity index (χ4v) is 3.41. The van der Waals surface area contributed by atoms with Gasteiger partial charge in [0.2, 0.25) is 0 Å². The van der Waals surface area contributed by atoms with Gasteiger partial charge in [0.1, 0.15) is 0 Å². The van der Waals surface area contributed by atoms with Gasteiger partial charge in [-0.05, 0) is 49.3 Å². The standard InChI is InChI=1S/C16H23N/c1-2-5-13(6-3-1)14-8-10-15(11-9-14)16-7-4-12-17-16/h8-11,13,16-17H,1-7,12H2/t16-/m0/s1. The molecule has 1 aromatic carbocycles. The molecule has 3 rings (SSSR count). The molecule has 1 nitrogen and oxygen atoms in total. The SMILES string of the molecule is c1cc([C@@H]2CCCN2)ccc1C1CCCCC1. The van der Waals surface area contributed by atoms with Crippen LogP contribution in [0, 0.1) is 0 Å². The van der Waals surface area contributed by atoms with Gasteiger partial charge in [-0.2, -0.15) is 0 Å². The maximum Gasteiger partial charge on any atom is 0.0320 e. The van der Waals surface area contributed by atoms with E-state index in [9.17, 15) is 0 Å². The Morgan fingerprint density at radius 3 is 2.12 bits per heavy atom. The summed E-state index contributed by atoms with van der Waals surface area (Å²) in [6.45, 7) is 1.19. The van der Waals surface area contributed by atoms with Crippen molar-refractivity contribution in [3.63, 3.8) is 0 Å².